The standard InChI is InChI=1S/C18H25ClN5O7P/c1-12(25)28-10-30-32(27,31-11-29-16(26)18(2,3)4)8-6-5-7-24-9-21-13-14(19)22-17(20)23-15(13)24/h5-6,9H,7-8,10-11H2,1-4H3,(H2,20,22,23)/b6-5+. The van der Waals surface area contributed by atoms with Crippen LogP contribution in [-0.2, 0) is 39.2 Å². The van der Waals surface area contributed by atoms with E-state index >= 15 is 0 Å². The zero-order chi connectivity index (χ0) is 23.9. The van der Waals surface area contributed by atoms with Crippen molar-refractivity contribution in [3.8, 4) is 0 Å². The molecule has 0 aliphatic rings. The highest BCUT2D eigenvalue weighted by Crippen LogP contribution is 2.48. The minimum absolute atomic E-state index is 0.00908. The van der Waals surface area contributed by atoms with E-state index in [1.807, 2.05) is 0 Å². The number of nitrogens with two attached hydrogens (primary N) is 1. The Labute approximate surface area is 189 Å². The van der Waals surface area contributed by atoms with Crippen molar-refractivity contribution in [2.45, 2.75) is 34.2 Å². The van der Waals surface area contributed by atoms with E-state index in [9.17, 15) is 14.2 Å². The van der Waals surface area contributed by atoms with E-state index in [4.69, 9.17) is 31.1 Å². The second-order valence-electron chi connectivity index (χ2n) is 7.52. The minimum atomic E-state index is -3.79. The Morgan fingerprint density at radius 2 is 1.84 bits per heavy atom. The third-order valence-electron chi connectivity index (χ3n) is 3.80. The molecule has 32 heavy (non-hydrogen) atoms. The second-order valence-corrected chi connectivity index (χ2v) is 9.98. The molecule has 2 rings (SSSR count). The monoisotopic (exact) mass is 489 g/mol. The molecule has 0 saturated carbocycles. The van der Waals surface area contributed by atoms with Crippen molar-refractivity contribution < 1.29 is 32.7 Å². The molecule has 2 aromatic rings. The van der Waals surface area contributed by atoms with Crippen LogP contribution in [-0.4, -0.2) is 51.2 Å². The van der Waals surface area contributed by atoms with Crippen LogP contribution in [0.15, 0.2) is 18.5 Å². The molecule has 12 nitrogen and oxygen atoms in total. The number of aromatic nitrogens is 4. The molecule has 0 bridgehead atoms. The van der Waals surface area contributed by atoms with Gasteiger partial charge in [0.1, 0.15) is 5.52 Å². The van der Waals surface area contributed by atoms with Crippen LogP contribution < -0.4 is 5.73 Å². The Morgan fingerprint density at radius 3 is 2.47 bits per heavy atom. The smallest absolute Gasteiger partial charge is 0.340 e. The first-order valence-corrected chi connectivity index (χ1v) is 11.5. The number of nitrogen functional groups attached to an aromatic ring is 1. The molecule has 2 heterocycles. The van der Waals surface area contributed by atoms with Gasteiger partial charge in [0.2, 0.25) is 19.5 Å². The second kappa shape index (κ2) is 10.9. The molecule has 0 aliphatic heterocycles. The van der Waals surface area contributed by atoms with E-state index < -0.39 is 38.5 Å². The molecular weight excluding hydrogens is 465 g/mol. The van der Waals surface area contributed by atoms with Crippen molar-refractivity contribution in [3.05, 3.63) is 23.6 Å². The summed E-state index contributed by atoms with van der Waals surface area (Å²) in [6.45, 7) is 5.32. The summed E-state index contributed by atoms with van der Waals surface area (Å²) in [6, 6.07) is 0. The van der Waals surface area contributed by atoms with Crippen LogP contribution in [0.3, 0.4) is 0 Å². The quantitative estimate of drug-likeness (QED) is 0.172. The number of hydrogen-bond acceptors (Lipinski definition) is 11. The predicted octanol–water partition coefficient (Wildman–Crippen LogP) is 2.91. The first-order valence-electron chi connectivity index (χ1n) is 9.39. The summed E-state index contributed by atoms with van der Waals surface area (Å²) in [5.41, 5.74) is 5.70. The third kappa shape index (κ3) is 7.56. The molecule has 0 radical (unpaired) electrons. The lowest BCUT2D eigenvalue weighted by Crippen LogP contribution is -2.24. The van der Waals surface area contributed by atoms with Crippen molar-refractivity contribution in [3.63, 3.8) is 0 Å². The van der Waals surface area contributed by atoms with Gasteiger partial charge in [0.05, 0.1) is 17.9 Å². The van der Waals surface area contributed by atoms with Gasteiger partial charge in [-0.3, -0.25) is 23.2 Å². The summed E-state index contributed by atoms with van der Waals surface area (Å²) < 4.78 is 34.5. The molecule has 2 aromatic heterocycles. The summed E-state index contributed by atoms with van der Waals surface area (Å²) in [4.78, 5) is 34.9. The van der Waals surface area contributed by atoms with Gasteiger partial charge >= 0.3 is 19.5 Å². The highest BCUT2D eigenvalue weighted by Gasteiger charge is 2.27. The molecule has 2 N–H and O–H groups in total. The maximum Gasteiger partial charge on any atom is 0.340 e. The Kier molecular flexibility index (Phi) is 8.73. The Bertz CT molecular complexity index is 1050. The zero-order valence-electron chi connectivity index (χ0n) is 18.1. The summed E-state index contributed by atoms with van der Waals surface area (Å²) >= 11 is 6.00. The zero-order valence-corrected chi connectivity index (χ0v) is 19.8. The van der Waals surface area contributed by atoms with E-state index in [2.05, 4.69) is 19.7 Å². The number of carbonyl (C=O) groups is 2. The van der Waals surface area contributed by atoms with Crippen LogP contribution in [0.4, 0.5) is 5.95 Å². The molecule has 1 atom stereocenters. The lowest BCUT2D eigenvalue weighted by atomic mass is 9.98. The number of nitrogens with zero attached hydrogens (tertiary/aromatic N) is 4. The van der Waals surface area contributed by atoms with Gasteiger partial charge in [0.15, 0.2) is 10.8 Å². The maximum absolute atomic E-state index is 12.9. The van der Waals surface area contributed by atoms with Gasteiger partial charge in [-0.1, -0.05) is 23.8 Å². The average molecular weight is 490 g/mol. The van der Waals surface area contributed by atoms with Gasteiger partial charge in [0.25, 0.3) is 0 Å². The number of allylic oxidation sites excluding steroid dienone is 2. The molecular formula is C18H25ClN5O7P. The van der Waals surface area contributed by atoms with Gasteiger partial charge in [-0.05, 0) is 20.8 Å². The average Bonchev–Trinajstić information content (AvgIpc) is 3.07. The van der Waals surface area contributed by atoms with Crippen LogP contribution in [0.1, 0.15) is 27.7 Å². The van der Waals surface area contributed by atoms with Crippen molar-refractivity contribution >= 4 is 48.2 Å². The molecule has 1 unspecified atom stereocenters. The van der Waals surface area contributed by atoms with Crippen LogP contribution >= 0.6 is 19.2 Å². The Balaban J connectivity index is 2.02. The number of ether oxygens (including phenoxy) is 2. The van der Waals surface area contributed by atoms with E-state index in [0.29, 0.717) is 17.7 Å². The molecule has 14 heteroatoms. The fraction of sp³-hybridized carbons (Fsp3) is 0.500. The first-order chi connectivity index (χ1) is 14.9. The molecule has 0 saturated heterocycles. The number of carbonyl (C=O) groups excluding carboxylic acids is 2. The Hall–Kier alpha value is -2.53. The van der Waals surface area contributed by atoms with Gasteiger partial charge in [-0.2, -0.15) is 9.97 Å². The number of anilines is 1. The van der Waals surface area contributed by atoms with Crippen LogP contribution in [0.25, 0.3) is 11.2 Å². The molecule has 0 aliphatic carbocycles. The number of rotatable bonds is 10. The summed E-state index contributed by atoms with van der Waals surface area (Å²) in [5, 5.41) is 0.136. The summed E-state index contributed by atoms with van der Waals surface area (Å²) in [5.74, 6) is -1.14. The highest BCUT2D eigenvalue weighted by molar-refractivity contribution is 7.54. The van der Waals surface area contributed by atoms with E-state index in [-0.39, 0.29) is 17.3 Å². The first kappa shape index (κ1) is 25.7. The number of fused-ring (bicyclic) bond motifs is 1. The topological polar surface area (TPSA) is 158 Å². The molecule has 0 spiro atoms. The summed E-state index contributed by atoms with van der Waals surface area (Å²) in [7, 11) is -3.79. The number of hydrogen-bond donors (Lipinski definition) is 1. The normalized spacial score (nSPS) is 13.9. The lowest BCUT2D eigenvalue weighted by Gasteiger charge is -2.19. The van der Waals surface area contributed by atoms with Crippen LogP contribution in [0.2, 0.25) is 5.15 Å². The van der Waals surface area contributed by atoms with E-state index in [0.717, 1.165) is 0 Å². The summed E-state index contributed by atoms with van der Waals surface area (Å²) in [6.07, 6.45) is 4.54. The van der Waals surface area contributed by atoms with E-state index in [1.165, 1.54) is 19.3 Å². The lowest BCUT2D eigenvalue weighted by molar-refractivity contribution is -0.160. The minimum Gasteiger partial charge on any atom is -0.438 e. The van der Waals surface area contributed by atoms with E-state index in [1.54, 1.807) is 31.4 Å². The largest absolute Gasteiger partial charge is 0.438 e. The molecule has 0 amide bonds. The molecule has 0 aromatic carbocycles. The van der Waals surface area contributed by atoms with Crippen molar-refractivity contribution in [2.75, 3.05) is 25.5 Å². The SMILES string of the molecule is CC(=O)OCOP(=O)(C/C=C/Cn1cnc2c(Cl)nc(N)nc21)OCOC(=O)C(C)(C)C. The molecule has 0 fully saturated rings. The Morgan fingerprint density at radius 1 is 1.19 bits per heavy atom. The maximum atomic E-state index is 12.9. The number of imidazole rings is 1. The molecule has 176 valence electrons. The van der Waals surface area contributed by atoms with Crippen LogP contribution in [0.5, 0.6) is 0 Å². The number of esters is 2. The van der Waals surface area contributed by atoms with Crippen molar-refractivity contribution in [1.82, 2.24) is 19.5 Å². The van der Waals surface area contributed by atoms with Gasteiger partial charge in [-0.15, -0.1) is 0 Å². The highest BCUT2D eigenvalue weighted by atomic mass is 35.5. The fourth-order valence-corrected chi connectivity index (χ4v) is 3.50. The number of halogens is 1. The van der Waals surface area contributed by atoms with Gasteiger partial charge < -0.3 is 19.8 Å². The van der Waals surface area contributed by atoms with Crippen molar-refractivity contribution in [1.29, 1.82) is 0 Å². The van der Waals surface area contributed by atoms with Gasteiger partial charge in [0, 0.05) is 13.5 Å². The third-order valence-corrected chi connectivity index (χ3v) is 5.72. The predicted molar refractivity (Wildman–Crippen MR) is 116 cm³/mol. The fourth-order valence-electron chi connectivity index (χ4n) is 2.16. The van der Waals surface area contributed by atoms with Crippen molar-refractivity contribution in [2.24, 2.45) is 5.41 Å². The van der Waals surface area contributed by atoms with Gasteiger partial charge in [-0.25, -0.2) is 4.98 Å². The van der Waals surface area contributed by atoms with Crippen LogP contribution in [0, 0.1) is 5.41 Å².